The average Bonchev–Trinajstić information content (AvgIpc) is 3.39. The third kappa shape index (κ3) is 4.34. The first-order valence-electron chi connectivity index (χ1n) is 20.8. The van der Waals surface area contributed by atoms with E-state index in [1.54, 1.807) is 0 Å². The van der Waals surface area contributed by atoms with E-state index >= 15 is 0 Å². The van der Waals surface area contributed by atoms with Gasteiger partial charge in [0.1, 0.15) is 11.3 Å². The fraction of sp³-hybridized carbons (Fsp3) is 0.739. The van der Waals surface area contributed by atoms with Crippen LogP contribution in [0.1, 0.15) is 124 Å². The predicted octanol–water partition coefficient (Wildman–Crippen LogP) is 3.80. The van der Waals surface area contributed by atoms with E-state index < -0.39 is 127 Å². The molecular weight excluding hydrogens is 396 g/mol. The van der Waals surface area contributed by atoms with E-state index in [1.165, 1.54) is 0 Å². The highest BCUT2D eigenvalue weighted by molar-refractivity contribution is 5.70. The molecule has 0 bridgehead atoms. The minimum atomic E-state index is -4.98. The Labute approximate surface area is 216 Å². The quantitative estimate of drug-likeness (QED) is 0.596. The molecule has 0 spiro atoms. The summed E-state index contributed by atoms with van der Waals surface area (Å²) in [5, 5.41) is 9.67. The van der Waals surface area contributed by atoms with Crippen LogP contribution in [0.15, 0.2) is 9.59 Å². The molecule has 2 heterocycles. The topological polar surface area (TPSA) is 110 Å². The maximum atomic E-state index is 13.8. The van der Waals surface area contributed by atoms with Crippen LogP contribution in [0.4, 0.5) is 0 Å². The van der Waals surface area contributed by atoms with Crippen molar-refractivity contribution in [1.29, 1.82) is 0 Å². The molecule has 0 atom stereocenters. The van der Waals surface area contributed by atoms with Crippen LogP contribution >= 0.6 is 0 Å². The SMILES string of the molecule is [2H]C([2H])C([2H])([2H])C1(C([2H])([2H])C([2H])([2H])C(=O)O)C([2H])([2H])C([2H])([2H])C(C)(c2nc3c([nH]2)c(=O)n(C([2H])([2H])C([2H])([2H])C)c(=O)n3C([2H])([2H])C([2H])([2H])C)C([2H])([2H])C1([2H])[2H]. The molecule has 0 amide bonds. The van der Waals surface area contributed by atoms with Gasteiger partial charge in [-0.25, -0.2) is 9.78 Å². The van der Waals surface area contributed by atoms with Gasteiger partial charge in [-0.05, 0) is 50.0 Å². The number of nitrogens with zero attached hydrogens (tertiary/aromatic N) is 3. The Hall–Kier alpha value is -2.38. The lowest BCUT2D eigenvalue weighted by molar-refractivity contribution is -0.137. The average molecular weight is 457 g/mol. The minimum Gasteiger partial charge on any atom is -0.481 e. The van der Waals surface area contributed by atoms with Crippen molar-refractivity contribution < 1.29 is 42.8 Å². The Morgan fingerprint density at radius 2 is 1.87 bits per heavy atom. The number of fused-ring (bicyclic) bond motifs is 1. The van der Waals surface area contributed by atoms with E-state index in [-0.39, 0.29) is 4.57 Å². The summed E-state index contributed by atoms with van der Waals surface area (Å²) in [5.74, 6) is -4.33. The second-order valence-electron chi connectivity index (χ2n) is 6.34. The first-order valence-corrected chi connectivity index (χ1v) is 8.66. The number of imidazole rings is 1. The van der Waals surface area contributed by atoms with Crippen LogP contribution in [-0.2, 0) is 23.2 Å². The molecule has 8 nitrogen and oxygen atoms in total. The zero-order valence-corrected chi connectivity index (χ0v) is 16.6. The number of aryl methyl sites for hydroxylation is 1. The van der Waals surface area contributed by atoms with E-state index in [2.05, 4.69) is 4.98 Å². The number of H-pyrrole nitrogens is 1. The molecular formula is C23H36N4O4. The van der Waals surface area contributed by atoms with Crippen LogP contribution in [0.25, 0.3) is 11.2 Å². The molecule has 2 aromatic heterocycles. The highest BCUT2D eigenvalue weighted by Gasteiger charge is 2.42. The van der Waals surface area contributed by atoms with Crippen LogP contribution in [-0.4, -0.2) is 30.2 Å². The number of aromatic nitrogens is 4. The molecule has 2 aromatic rings. The van der Waals surface area contributed by atoms with Crippen molar-refractivity contribution in [1.82, 2.24) is 19.1 Å². The summed E-state index contributed by atoms with van der Waals surface area (Å²) in [4.78, 5) is 45.5. The van der Waals surface area contributed by atoms with Crippen molar-refractivity contribution in [3.05, 3.63) is 26.7 Å². The molecule has 3 rings (SSSR count). The highest BCUT2D eigenvalue weighted by atomic mass is 16.4. The zero-order chi connectivity index (χ0) is 44.1. The number of nitrogens with one attached hydrogen (secondary N) is 1. The van der Waals surface area contributed by atoms with E-state index in [0.717, 1.165) is 0 Å². The monoisotopic (exact) mass is 456 g/mol. The largest absolute Gasteiger partial charge is 0.481 e. The lowest BCUT2D eigenvalue weighted by Gasteiger charge is -2.44. The predicted molar refractivity (Wildman–Crippen MR) is 121 cm³/mol. The maximum Gasteiger partial charge on any atom is 0.332 e. The highest BCUT2D eigenvalue weighted by Crippen LogP contribution is 2.50. The molecule has 0 unspecified atom stereocenters. The normalized spacial score (nSPS) is 45.3. The molecule has 8 heteroatoms. The van der Waals surface area contributed by atoms with Crippen molar-refractivity contribution in [2.24, 2.45) is 5.41 Å². The number of carboxylic acid groups (broad SMARTS) is 1. The van der Waals surface area contributed by atoms with Gasteiger partial charge in [0, 0.05) is 54.9 Å². The van der Waals surface area contributed by atoms with Crippen molar-refractivity contribution in [3.63, 3.8) is 0 Å². The Balaban J connectivity index is 2.81. The Morgan fingerprint density at radius 3 is 2.45 bits per heavy atom. The summed E-state index contributed by atoms with van der Waals surface area (Å²) >= 11 is 0. The van der Waals surface area contributed by atoms with Gasteiger partial charge in [-0.1, -0.05) is 34.0 Å². The third-order valence-electron chi connectivity index (χ3n) is 4.19. The summed E-state index contributed by atoms with van der Waals surface area (Å²) in [7, 11) is 0. The fourth-order valence-electron chi connectivity index (χ4n) is 2.66. The summed E-state index contributed by atoms with van der Waals surface area (Å²) < 4.78 is 203. The first-order chi connectivity index (χ1) is 23.8. The number of hydrogen-bond donors (Lipinski definition) is 2. The molecule has 0 radical (unpaired) electrons. The van der Waals surface area contributed by atoms with Gasteiger partial charge in [-0.15, -0.1) is 0 Å². The standard InChI is InChI=1S/C23H36N4O4/c1-5-14-26-18-17(19(30)27(15-6-2)21(26)31)24-20(25-18)22(4)10-12-23(7-3,13-11-22)9-8-16(28)29/h5-15H2,1-4H3,(H,24,25)(H,28,29)/i3D2,5D2,6D2,7D2,8D2,9D2,10D2,11D2,12D2,13D2,14D2,15D2. The van der Waals surface area contributed by atoms with E-state index in [4.69, 9.17) is 32.9 Å². The van der Waals surface area contributed by atoms with Gasteiger partial charge >= 0.3 is 11.7 Å². The smallest absolute Gasteiger partial charge is 0.332 e. The van der Waals surface area contributed by atoms with Gasteiger partial charge in [0.15, 0.2) is 5.65 Å². The Morgan fingerprint density at radius 1 is 1.23 bits per heavy atom. The fourth-order valence-corrected chi connectivity index (χ4v) is 2.66. The van der Waals surface area contributed by atoms with Crippen LogP contribution < -0.4 is 11.2 Å². The lowest BCUT2D eigenvalue weighted by atomic mass is 9.61. The van der Waals surface area contributed by atoms with Crippen LogP contribution in [0.5, 0.6) is 0 Å². The second kappa shape index (κ2) is 9.01. The van der Waals surface area contributed by atoms with Crippen LogP contribution in [0, 0.1) is 5.41 Å². The number of aromatic amines is 1. The molecule has 1 saturated carbocycles. The molecule has 0 aliphatic heterocycles. The Kier molecular flexibility index (Phi) is 2.13. The molecule has 0 aromatic carbocycles. The second-order valence-corrected chi connectivity index (χ2v) is 6.34. The van der Waals surface area contributed by atoms with E-state index in [9.17, 15) is 19.5 Å². The zero-order valence-electron chi connectivity index (χ0n) is 40.6. The van der Waals surface area contributed by atoms with Gasteiger partial charge < -0.3 is 10.1 Å². The molecule has 0 saturated heterocycles. The molecule has 2 N–H and O–H groups in total. The van der Waals surface area contributed by atoms with Crippen LogP contribution in [0.3, 0.4) is 0 Å². The number of hydrogen-bond acceptors (Lipinski definition) is 4. The van der Waals surface area contributed by atoms with Gasteiger partial charge in [-0.2, -0.15) is 0 Å². The van der Waals surface area contributed by atoms with Crippen molar-refractivity contribution in [2.75, 3.05) is 0 Å². The van der Waals surface area contributed by atoms with Gasteiger partial charge in [-0.3, -0.25) is 18.7 Å². The van der Waals surface area contributed by atoms with Gasteiger partial charge in [0.25, 0.3) is 5.56 Å². The van der Waals surface area contributed by atoms with Gasteiger partial charge in [0.2, 0.25) is 0 Å². The number of carboxylic acids is 1. The van der Waals surface area contributed by atoms with Crippen molar-refractivity contribution in [3.8, 4) is 0 Å². The lowest BCUT2D eigenvalue weighted by Crippen LogP contribution is -2.40. The summed E-state index contributed by atoms with van der Waals surface area (Å²) in [5.41, 5.74) is -15.5. The number of carbonyl (C=O) groups is 1. The van der Waals surface area contributed by atoms with Crippen LogP contribution in [0.2, 0.25) is 0 Å². The molecule has 31 heavy (non-hydrogen) atoms. The van der Waals surface area contributed by atoms with E-state index in [1.807, 2.05) is 4.98 Å². The summed E-state index contributed by atoms with van der Waals surface area (Å²) in [6, 6.07) is 0. The Bertz CT molecular complexity index is 1990. The summed E-state index contributed by atoms with van der Waals surface area (Å²) in [6.45, 7) is -9.30. The van der Waals surface area contributed by atoms with E-state index in [0.29, 0.717) is 20.8 Å². The third-order valence-corrected chi connectivity index (χ3v) is 4.19. The summed E-state index contributed by atoms with van der Waals surface area (Å²) in [6.07, 6.45) is -39.0. The maximum absolute atomic E-state index is 13.8. The molecule has 172 valence electrons. The van der Waals surface area contributed by atoms with Gasteiger partial charge in [0.05, 0.1) is 2.74 Å². The number of aliphatic carboxylic acids is 1. The number of rotatable bonds is 9. The minimum absolute atomic E-state index is 0.318. The first kappa shape index (κ1) is 7.32. The van der Waals surface area contributed by atoms with Crippen molar-refractivity contribution >= 4 is 17.1 Å². The molecule has 1 aliphatic rings. The molecule has 1 aliphatic carbocycles. The molecule has 1 fully saturated rings. The van der Waals surface area contributed by atoms with Crippen molar-refractivity contribution in [2.45, 2.75) is 103 Å².